The predicted molar refractivity (Wildman–Crippen MR) is 149 cm³/mol. The Morgan fingerprint density at radius 2 is 1.72 bits per heavy atom. The number of aliphatic hydroxyl groups is 1. The molecule has 0 aromatic heterocycles. The molecule has 4 rings (SSSR count). The zero-order valence-corrected chi connectivity index (χ0v) is 22.7. The number of likely N-dealkylation sites (tertiary alicyclic amines) is 1. The summed E-state index contributed by atoms with van der Waals surface area (Å²) in [7, 11) is 3.76. The van der Waals surface area contributed by atoms with Gasteiger partial charge in [-0.05, 0) is 75.0 Å². The maximum Gasteiger partial charge on any atom is 0.295 e. The average molecular weight is 531 g/mol. The molecule has 1 amide bonds. The van der Waals surface area contributed by atoms with Gasteiger partial charge in [0.2, 0.25) is 0 Å². The highest BCUT2D eigenvalue weighted by Gasteiger charge is 2.46. The topological polar surface area (TPSA) is 99.5 Å². The van der Waals surface area contributed by atoms with Crippen LogP contribution >= 0.6 is 0 Å². The molecule has 0 aliphatic carbocycles. The van der Waals surface area contributed by atoms with Crippen molar-refractivity contribution >= 4 is 17.4 Å². The molecule has 39 heavy (non-hydrogen) atoms. The number of phenols is 1. The second-order valence-electron chi connectivity index (χ2n) is 9.71. The predicted octanol–water partition coefficient (Wildman–Crippen LogP) is 4.66. The number of nitrogens with zero attached hydrogens (tertiary/aromatic N) is 2. The van der Waals surface area contributed by atoms with E-state index in [0.29, 0.717) is 36.6 Å². The van der Waals surface area contributed by atoms with Crippen LogP contribution in [-0.2, 0) is 16.2 Å². The van der Waals surface area contributed by atoms with Crippen LogP contribution in [0.1, 0.15) is 35.2 Å². The molecule has 1 fully saturated rings. The number of benzene rings is 3. The van der Waals surface area contributed by atoms with Crippen molar-refractivity contribution in [3.8, 4) is 17.2 Å². The Bertz CT molecular complexity index is 1380. The summed E-state index contributed by atoms with van der Waals surface area (Å²) in [6, 6.07) is 18.8. The third-order valence-corrected chi connectivity index (χ3v) is 6.61. The molecule has 1 heterocycles. The Balaban J connectivity index is 1.73. The lowest BCUT2D eigenvalue weighted by Crippen LogP contribution is -2.35. The zero-order chi connectivity index (χ0) is 28.1. The molecule has 8 nitrogen and oxygen atoms in total. The van der Waals surface area contributed by atoms with Crippen LogP contribution in [0.3, 0.4) is 0 Å². The molecule has 0 radical (unpaired) electrons. The standard InChI is InChI=1S/C31H34N2O6/c1-5-38-26-18-22(11-13-24(26)34)28-27(30(36)31(37)33(28)16-15-32(3)4)29(35)23-12-14-25(20(2)17-23)39-19-21-9-7-6-8-10-21/h6-14,17-18,28,34-35H,5,15-16,19H2,1-4H3/t28-/m1/s1. The van der Waals surface area contributed by atoms with Gasteiger partial charge >= 0.3 is 0 Å². The number of amides is 1. The molecule has 0 bridgehead atoms. The Kier molecular flexibility index (Phi) is 8.56. The van der Waals surface area contributed by atoms with Crippen LogP contribution in [0.4, 0.5) is 0 Å². The molecule has 0 saturated carbocycles. The molecule has 3 aromatic rings. The maximum absolute atomic E-state index is 13.3. The number of aliphatic hydroxyl groups excluding tert-OH is 1. The van der Waals surface area contributed by atoms with Crippen LogP contribution in [0, 0.1) is 6.92 Å². The van der Waals surface area contributed by atoms with Gasteiger partial charge in [0, 0.05) is 18.7 Å². The summed E-state index contributed by atoms with van der Waals surface area (Å²) >= 11 is 0. The molecule has 2 N–H and O–H groups in total. The van der Waals surface area contributed by atoms with Crippen LogP contribution < -0.4 is 9.47 Å². The molecule has 8 heteroatoms. The van der Waals surface area contributed by atoms with Gasteiger partial charge in [-0.25, -0.2) is 0 Å². The lowest BCUT2D eigenvalue weighted by atomic mass is 9.94. The second kappa shape index (κ2) is 12.0. The summed E-state index contributed by atoms with van der Waals surface area (Å²) < 4.78 is 11.5. The highest BCUT2D eigenvalue weighted by molar-refractivity contribution is 6.46. The van der Waals surface area contributed by atoms with Crippen molar-refractivity contribution in [1.29, 1.82) is 0 Å². The van der Waals surface area contributed by atoms with E-state index in [-0.39, 0.29) is 29.4 Å². The van der Waals surface area contributed by atoms with Gasteiger partial charge in [0.1, 0.15) is 18.1 Å². The van der Waals surface area contributed by atoms with Gasteiger partial charge in [0.05, 0.1) is 18.2 Å². The van der Waals surface area contributed by atoms with Crippen LogP contribution in [-0.4, -0.2) is 65.5 Å². The van der Waals surface area contributed by atoms with Crippen LogP contribution in [0.15, 0.2) is 72.3 Å². The number of ketones is 1. The fourth-order valence-corrected chi connectivity index (χ4v) is 4.59. The van der Waals surface area contributed by atoms with E-state index in [9.17, 15) is 19.8 Å². The highest BCUT2D eigenvalue weighted by atomic mass is 16.5. The first kappa shape index (κ1) is 27.7. The van der Waals surface area contributed by atoms with Crippen molar-refractivity contribution in [1.82, 2.24) is 9.80 Å². The van der Waals surface area contributed by atoms with Crippen LogP contribution in [0.25, 0.3) is 5.76 Å². The third-order valence-electron chi connectivity index (χ3n) is 6.61. The number of hydrogen-bond acceptors (Lipinski definition) is 7. The Hall–Kier alpha value is -4.30. The summed E-state index contributed by atoms with van der Waals surface area (Å²) in [5, 5.41) is 21.7. The highest BCUT2D eigenvalue weighted by Crippen LogP contribution is 2.42. The number of aryl methyl sites for hydroxylation is 1. The SMILES string of the molecule is CCOc1cc([C@@H]2C(=C(O)c3ccc(OCc4ccccc4)c(C)c3)C(=O)C(=O)N2CCN(C)C)ccc1O. The molecule has 204 valence electrons. The molecule has 1 aliphatic heterocycles. The zero-order valence-electron chi connectivity index (χ0n) is 22.7. The van der Waals surface area contributed by atoms with Crippen molar-refractivity contribution in [2.24, 2.45) is 0 Å². The largest absolute Gasteiger partial charge is 0.507 e. The minimum Gasteiger partial charge on any atom is -0.507 e. The van der Waals surface area contributed by atoms with E-state index in [0.717, 1.165) is 11.1 Å². The van der Waals surface area contributed by atoms with Crippen molar-refractivity contribution in [3.05, 3.63) is 94.6 Å². The van der Waals surface area contributed by atoms with Gasteiger partial charge in [-0.2, -0.15) is 0 Å². The van der Waals surface area contributed by atoms with E-state index in [1.807, 2.05) is 56.3 Å². The third kappa shape index (κ3) is 6.07. The lowest BCUT2D eigenvalue weighted by Gasteiger charge is -2.27. The summed E-state index contributed by atoms with van der Waals surface area (Å²) in [5.74, 6) is -0.873. The Morgan fingerprint density at radius 3 is 2.38 bits per heavy atom. The van der Waals surface area contributed by atoms with E-state index in [1.54, 1.807) is 37.3 Å². The molecule has 0 unspecified atom stereocenters. The quantitative estimate of drug-likeness (QED) is 0.223. The van der Waals surface area contributed by atoms with Crippen molar-refractivity contribution in [3.63, 3.8) is 0 Å². The number of rotatable bonds is 10. The number of carbonyl (C=O) groups excluding carboxylic acids is 2. The summed E-state index contributed by atoms with van der Waals surface area (Å²) in [5.41, 5.74) is 2.75. The number of likely N-dealkylation sites (N-methyl/N-ethyl adjacent to an activating group) is 1. The summed E-state index contributed by atoms with van der Waals surface area (Å²) in [6.07, 6.45) is 0. The van der Waals surface area contributed by atoms with Gasteiger partial charge in [0.15, 0.2) is 11.5 Å². The first-order valence-electron chi connectivity index (χ1n) is 12.9. The smallest absolute Gasteiger partial charge is 0.295 e. The minimum atomic E-state index is -0.848. The van der Waals surface area contributed by atoms with E-state index >= 15 is 0 Å². The molecule has 3 aromatic carbocycles. The minimum absolute atomic E-state index is 0.00996. The fraction of sp³-hybridized carbons (Fsp3) is 0.290. The van der Waals surface area contributed by atoms with E-state index in [4.69, 9.17) is 9.47 Å². The maximum atomic E-state index is 13.3. The van der Waals surface area contributed by atoms with Gasteiger partial charge in [-0.3, -0.25) is 9.59 Å². The van der Waals surface area contributed by atoms with Gasteiger partial charge in [0.25, 0.3) is 11.7 Å². The molecule has 0 spiro atoms. The first-order chi connectivity index (χ1) is 18.7. The number of aromatic hydroxyl groups is 1. The van der Waals surface area contributed by atoms with Crippen LogP contribution in [0.2, 0.25) is 0 Å². The van der Waals surface area contributed by atoms with Gasteiger partial charge in [-0.1, -0.05) is 36.4 Å². The number of ether oxygens (including phenoxy) is 2. The summed E-state index contributed by atoms with van der Waals surface area (Å²) in [4.78, 5) is 29.9. The van der Waals surface area contributed by atoms with E-state index < -0.39 is 17.7 Å². The van der Waals surface area contributed by atoms with Crippen molar-refractivity contribution in [2.75, 3.05) is 33.8 Å². The fourth-order valence-electron chi connectivity index (χ4n) is 4.59. The number of phenolic OH excluding ortho intramolecular Hbond substituents is 1. The molecule has 1 atom stereocenters. The molecule has 1 saturated heterocycles. The Morgan fingerprint density at radius 1 is 0.974 bits per heavy atom. The van der Waals surface area contributed by atoms with E-state index in [2.05, 4.69) is 0 Å². The van der Waals surface area contributed by atoms with Crippen LogP contribution in [0.5, 0.6) is 17.2 Å². The molecule has 1 aliphatic rings. The number of hydrogen-bond donors (Lipinski definition) is 2. The number of carbonyl (C=O) groups is 2. The number of Topliss-reactive ketones (excluding diaryl/α,β-unsaturated/α-hetero) is 1. The van der Waals surface area contributed by atoms with Gasteiger partial charge in [-0.15, -0.1) is 0 Å². The average Bonchev–Trinajstić information content (AvgIpc) is 3.17. The van der Waals surface area contributed by atoms with Crippen molar-refractivity contribution in [2.45, 2.75) is 26.5 Å². The first-order valence-corrected chi connectivity index (χ1v) is 12.9. The summed E-state index contributed by atoms with van der Waals surface area (Å²) in [6.45, 7) is 5.17. The van der Waals surface area contributed by atoms with Gasteiger partial charge < -0.3 is 29.5 Å². The Labute approximate surface area is 228 Å². The normalized spacial score (nSPS) is 16.6. The van der Waals surface area contributed by atoms with E-state index in [1.165, 1.54) is 11.0 Å². The molecular formula is C31H34N2O6. The lowest BCUT2D eigenvalue weighted by molar-refractivity contribution is -0.140. The van der Waals surface area contributed by atoms with Crippen molar-refractivity contribution < 1.29 is 29.3 Å². The second-order valence-corrected chi connectivity index (χ2v) is 9.71. The molecular weight excluding hydrogens is 496 g/mol. The monoisotopic (exact) mass is 530 g/mol.